The lowest BCUT2D eigenvalue weighted by atomic mass is 10.1. The first kappa shape index (κ1) is 23.9. The highest BCUT2D eigenvalue weighted by Gasteiger charge is 2.15. The summed E-state index contributed by atoms with van der Waals surface area (Å²) in [4.78, 5) is 33.5. The molecule has 0 aliphatic heterocycles. The Kier molecular flexibility index (Phi) is 7.70. The molecule has 4 aromatic rings. The number of ketones is 1. The predicted molar refractivity (Wildman–Crippen MR) is 137 cm³/mol. The molecule has 0 saturated carbocycles. The molecular formula is C27H23ClN4O3. The average molecular weight is 487 g/mol. The van der Waals surface area contributed by atoms with Crippen LogP contribution in [0.1, 0.15) is 23.2 Å². The summed E-state index contributed by atoms with van der Waals surface area (Å²) in [5.41, 5.74) is 3.62. The number of anilines is 3. The molecule has 176 valence electrons. The molecule has 7 nitrogen and oxygen atoms in total. The topological polar surface area (TPSA) is 93.2 Å². The maximum absolute atomic E-state index is 12.5. The number of ether oxygens (including phenoxy) is 1. The van der Waals surface area contributed by atoms with Crippen molar-refractivity contribution in [3.8, 4) is 17.0 Å². The lowest BCUT2D eigenvalue weighted by molar-refractivity contribution is -0.116. The van der Waals surface area contributed by atoms with Crippen molar-refractivity contribution in [1.82, 2.24) is 9.97 Å². The van der Waals surface area contributed by atoms with E-state index in [4.69, 9.17) is 16.3 Å². The number of amides is 1. The number of rotatable bonds is 9. The molecule has 1 amide bonds. The van der Waals surface area contributed by atoms with E-state index in [1.54, 1.807) is 30.3 Å². The third kappa shape index (κ3) is 6.43. The third-order valence-electron chi connectivity index (χ3n) is 5.22. The standard InChI is InChI=1S/C27H23ClN4O3/c1-35-25-13-7-19(28)15-22(25)24(33)12-14-27(34)32-21-10-8-20(9-11-21)31-26-16-23(29-17-30-26)18-5-3-2-4-6-18/h2-11,13,15-17H,12,14H2,1H3,(H,32,34)(H,29,30,31). The molecule has 8 heteroatoms. The number of methoxy groups -OCH3 is 1. The Bertz CT molecular complexity index is 1330. The smallest absolute Gasteiger partial charge is 0.224 e. The summed E-state index contributed by atoms with van der Waals surface area (Å²) < 4.78 is 5.21. The molecule has 1 aromatic heterocycles. The summed E-state index contributed by atoms with van der Waals surface area (Å²) in [6, 6.07) is 23.8. The van der Waals surface area contributed by atoms with Crippen LogP contribution >= 0.6 is 11.6 Å². The molecule has 35 heavy (non-hydrogen) atoms. The zero-order chi connectivity index (χ0) is 24.6. The van der Waals surface area contributed by atoms with E-state index in [0.29, 0.717) is 27.8 Å². The highest BCUT2D eigenvalue weighted by molar-refractivity contribution is 6.31. The Morgan fingerprint density at radius 2 is 1.63 bits per heavy atom. The lowest BCUT2D eigenvalue weighted by Crippen LogP contribution is -2.14. The minimum absolute atomic E-state index is 0.0394. The molecule has 0 aliphatic rings. The van der Waals surface area contributed by atoms with Crippen LogP contribution in [-0.4, -0.2) is 28.8 Å². The van der Waals surface area contributed by atoms with Gasteiger partial charge in [-0.1, -0.05) is 41.9 Å². The maximum Gasteiger partial charge on any atom is 0.224 e. The molecule has 1 heterocycles. The zero-order valence-corrected chi connectivity index (χ0v) is 19.8. The molecular weight excluding hydrogens is 464 g/mol. The number of nitrogens with zero attached hydrogens (tertiary/aromatic N) is 2. The van der Waals surface area contributed by atoms with E-state index in [-0.39, 0.29) is 24.5 Å². The number of carbonyl (C=O) groups excluding carboxylic acids is 2. The molecule has 2 N–H and O–H groups in total. The fourth-order valence-electron chi connectivity index (χ4n) is 3.46. The van der Waals surface area contributed by atoms with Crippen LogP contribution in [0, 0.1) is 0 Å². The van der Waals surface area contributed by atoms with Crippen LogP contribution in [0.4, 0.5) is 17.2 Å². The number of hydrogen-bond acceptors (Lipinski definition) is 6. The van der Waals surface area contributed by atoms with E-state index in [2.05, 4.69) is 20.6 Å². The molecule has 0 fully saturated rings. The second-order valence-corrected chi connectivity index (χ2v) is 8.11. The van der Waals surface area contributed by atoms with Gasteiger partial charge >= 0.3 is 0 Å². The first-order valence-corrected chi connectivity index (χ1v) is 11.3. The normalized spacial score (nSPS) is 10.5. The Balaban J connectivity index is 1.32. The van der Waals surface area contributed by atoms with Gasteiger partial charge in [0.1, 0.15) is 17.9 Å². The summed E-state index contributed by atoms with van der Waals surface area (Å²) in [6.07, 6.45) is 1.59. The van der Waals surface area contributed by atoms with Crippen LogP contribution in [0.2, 0.25) is 5.02 Å². The van der Waals surface area contributed by atoms with E-state index in [9.17, 15) is 9.59 Å². The summed E-state index contributed by atoms with van der Waals surface area (Å²) in [5.74, 6) is 0.621. The number of hydrogen-bond donors (Lipinski definition) is 2. The van der Waals surface area contributed by atoms with E-state index in [0.717, 1.165) is 16.9 Å². The first-order valence-electron chi connectivity index (χ1n) is 10.9. The van der Waals surface area contributed by atoms with Crippen molar-refractivity contribution in [1.29, 1.82) is 0 Å². The largest absolute Gasteiger partial charge is 0.496 e. The van der Waals surface area contributed by atoms with Crippen molar-refractivity contribution in [2.75, 3.05) is 17.7 Å². The number of carbonyl (C=O) groups is 2. The van der Waals surface area contributed by atoms with Crippen LogP contribution in [0.15, 0.2) is 85.2 Å². The minimum atomic E-state index is -0.261. The number of benzene rings is 3. The molecule has 0 unspecified atom stereocenters. The fourth-order valence-corrected chi connectivity index (χ4v) is 3.63. The summed E-state index contributed by atoms with van der Waals surface area (Å²) in [7, 11) is 1.48. The number of aromatic nitrogens is 2. The molecule has 0 aliphatic carbocycles. The zero-order valence-electron chi connectivity index (χ0n) is 19.0. The van der Waals surface area contributed by atoms with Crippen LogP contribution in [0.3, 0.4) is 0 Å². The van der Waals surface area contributed by atoms with Gasteiger partial charge in [0.25, 0.3) is 0 Å². The van der Waals surface area contributed by atoms with Crippen molar-refractivity contribution in [3.63, 3.8) is 0 Å². The van der Waals surface area contributed by atoms with Gasteiger partial charge in [0.15, 0.2) is 5.78 Å². The average Bonchev–Trinajstić information content (AvgIpc) is 2.89. The van der Waals surface area contributed by atoms with Gasteiger partial charge in [0.2, 0.25) is 5.91 Å². The third-order valence-corrected chi connectivity index (χ3v) is 5.45. The van der Waals surface area contributed by atoms with Crippen LogP contribution in [0.5, 0.6) is 5.75 Å². The van der Waals surface area contributed by atoms with Crippen molar-refractivity contribution >= 4 is 40.5 Å². The van der Waals surface area contributed by atoms with E-state index in [1.165, 1.54) is 13.4 Å². The first-order chi connectivity index (χ1) is 17.0. The highest BCUT2D eigenvalue weighted by atomic mass is 35.5. The Morgan fingerprint density at radius 1 is 0.886 bits per heavy atom. The van der Waals surface area contributed by atoms with Gasteiger partial charge in [-0.15, -0.1) is 0 Å². The fraction of sp³-hybridized carbons (Fsp3) is 0.111. The van der Waals surface area contributed by atoms with Crippen molar-refractivity contribution < 1.29 is 14.3 Å². The number of Topliss-reactive ketones (excluding diaryl/α,β-unsaturated/α-hetero) is 1. The van der Waals surface area contributed by atoms with E-state index in [1.807, 2.05) is 48.5 Å². The second-order valence-electron chi connectivity index (χ2n) is 7.67. The molecule has 0 bridgehead atoms. The SMILES string of the molecule is COc1ccc(Cl)cc1C(=O)CCC(=O)Nc1ccc(Nc2cc(-c3ccccc3)ncn2)cc1. The number of nitrogens with one attached hydrogen (secondary N) is 2. The molecule has 0 saturated heterocycles. The Labute approximate surface area is 208 Å². The van der Waals surface area contributed by atoms with Gasteiger partial charge in [-0.2, -0.15) is 0 Å². The summed E-state index contributed by atoms with van der Waals surface area (Å²) in [5, 5.41) is 6.48. The van der Waals surface area contributed by atoms with E-state index >= 15 is 0 Å². The number of halogens is 1. The summed E-state index contributed by atoms with van der Waals surface area (Å²) >= 11 is 5.99. The lowest BCUT2D eigenvalue weighted by Gasteiger charge is -2.10. The monoisotopic (exact) mass is 486 g/mol. The quantitative estimate of drug-likeness (QED) is 0.275. The molecule has 3 aromatic carbocycles. The molecule has 0 radical (unpaired) electrons. The minimum Gasteiger partial charge on any atom is -0.496 e. The van der Waals surface area contributed by atoms with Crippen LogP contribution in [-0.2, 0) is 4.79 Å². The van der Waals surface area contributed by atoms with Gasteiger partial charge in [-0.25, -0.2) is 9.97 Å². The van der Waals surface area contributed by atoms with Gasteiger partial charge < -0.3 is 15.4 Å². The van der Waals surface area contributed by atoms with Gasteiger partial charge in [-0.3, -0.25) is 9.59 Å². The second kappa shape index (κ2) is 11.3. The van der Waals surface area contributed by atoms with Crippen LogP contribution < -0.4 is 15.4 Å². The van der Waals surface area contributed by atoms with Crippen molar-refractivity contribution in [2.24, 2.45) is 0 Å². The molecule has 0 atom stereocenters. The van der Waals surface area contributed by atoms with Gasteiger partial charge in [0, 0.05) is 40.9 Å². The summed E-state index contributed by atoms with van der Waals surface area (Å²) in [6.45, 7) is 0. The Morgan fingerprint density at radius 3 is 2.37 bits per heavy atom. The van der Waals surface area contributed by atoms with Gasteiger partial charge in [0.05, 0.1) is 18.4 Å². The molecule has 0 spiro atoms. The molecule has 4 rings (SSSR count). The van der Waals surface area contributed by atoms with E-state index < -0.39 is 0 Å². The van der Waals surface area contributed by atoms with Crippen molar-refractivity contribution in [2.45, 2.75) is 12.8 Å². The van der Waals surface area contributed by atoms with Gasteiger partial charge in [-0.05, 0) is 42.5 Å². The van der Waals surface area contributed by atoms with Crippen molar-refractivity contribution in [3.05, 3.63) is 95.8 Å². The highest BCUT2D eigenvalue weighted by Crippen LogP contribution is 2.25. The Hall–Kier alpha value is -4.23. The maximum atomic E-state index is 12.5. The predicted octanol–water partition coefficient (Wildman–Crippen LogP) is 6.15. The van der Waals surface area contributed by atoms with Crippen LogP contribution in [0.25, 0.3) is 11.3 Å².